The molecule has 0 spiro atoms. The molecule has 0 radical (unpaired) electrons. The molecule has 0 aliphatic carbocycles. The number of rotatable bonds is 12. The van der Waals surface area contributed by atoms with Crippen LogP contribution in [0.3, 0.4) is 0 Å². The van der Waals surface area contributed by atoms with Crippen molar-refractivity contribution < 1.29 is 0 Å². The van der Waals surface area contributed by atoms with E-state index in [1.54, 1.807) is 0 Å². The molecule has 0 aromatic heterocycles. The fourth-order valence-corrected chi connectivity index (χ4v) is 2.36. The van der Waals surface area contributed by atoms with Gasteiger partial charge in [-0.15, -0.1) is 11.8 Å². The molecule has 0 amide bonds. The van der Waals surface area contributed by atoms with E-state index in [4.69, 9.17) is 0 Å². The summed E-state index contributed by atoms with van der Waals surface area (Å²) in [5, 5.41) is 3.58. The maximum atomic E-state index is 3.58. The van der Waals surface area contributed by atoms with Crippen molar-refractivity contribution in [3.8, 4) is 11.8 Å². The fourth-order valence-electron chi connectivity index (χ4n) is 2.36. The molecular formula is C17H33N. The summed E-state index contributed by atoms with van der Waals surface area (Å²) < 4.78 is 0. The van der Waals surface area contributed by atoms with E-state index in [0.717, 1.165) is 13.0 Å². The van der Waals surface area contributed by atoms with Gasteiger partial charge < -0.3 is 5.32 Å². The van der Waals surface area contributed by atoms with E-state index in [-0.39, 0.29) is 0 Å². The maximum Gasteiger partial charge on any atom is 0.0103 e. The van der Waals surface area contributed by atoms with Gasteiger partial charge in [-0.25, -0.2) is 0 Å². The van der Waals surface area contributed by atoms with Crippen molar-refractivity contribution in [3.05, 3.63) is 0 Å². The standard InChI is InChI=1S/C17H33N/c1-4-7-9-10-11-12-14-16-17(18-6-3)15-13-8-5-2/h17-18H,4,6-7,9-16H2,1-3H3. The van der Waals surface area contributed by atoms with Gasteiger partial charge in [-0.1, -0.05) is 58.8 Å². The number of hydrogen-bond donors (Lipinski definition) is 1. The zero-order chi connectivity index (χ0) is 13.5. The van der Waals surface area contributed by atoms with Crippen LogP contribution in [0.4, 0.5) is 0 Å². The number of hydrogen-bond acceptors (Lipinski definition) is 1. The zero-order valence-electron chi connectivity index (χ0n) is 12.9. The van der Waals surface area contributed by atoms with Crippen LogP contribution >= 0.6 is 0 Å². The third-order valence-corrected chi connectivity index (χ3v) is 3.44. The van der Waals surface area contributed by atoms with E-state index in [1.165, 1.54) is 57.8 Å². The van der Waals surface area contributed by atoms with Crippen LogP contribution in [0.15, 0.2) is 0 Å². The molecule has 106 valence electrons. The molecule has 0 aromatic carbocycles. The van der Waals surface area contributed by atoms with Crippen molar-refractivity contribution in [3.63, 3.8) is 0 Å². The van der Waals surface area contributed by atoms with Gasteiger partial charge in [-0.2, -0.15) is 0 Å². The molecule has 0 fully saturated rings. The zero-order valence-corrected chi connectivity index (χ0v) is 12.9. The second-order valence-electron chi connectivity index (χ2n) is 5.13. The molecule has 0 saturated carbocycles. The second kappa shape index (κ2) is 14.6. The Bertz CT molecular complexity index is 211. The number of unbranched alkanes of at least 4 members (excludes halogenated alkanes) is 6. The SMILES string of the molecule is CC#CCCC(CCCCCCCCC)NCC. The summed E-state index contributed by atoms with van der Waals surface area (Å²) >= 11 is 0. The minimum absolute atomic E-state index is 0.687. The highest BCUT2D eigenvalue weighted by molar-refractivity contribution is 4.95. The molecule has 0 saturated heterocycles. The smallest absolute Gasteiger partial charge is 0.0103 e. The Hall–Kier alpha value is -0.480. The summed E-state index contributed by atoms with van der Waals surface area (Å²) in [5.41, 5.74) is 0. The van der Waals surface area contributed by atoms with Crippen molar-refractivity contribution in [2.24, 2.45) is 0 Å². The highest BCUT2D eigenvalue weighted by Gasteiger charge is 2.05. The summed E-state index contributed by atoms with van der Waals surface area (Å²) in [6.45, 7) is 7.49. The summed E-state index contributed by atoms with van der Waals surface area (Å²) in [7, 11) is 0. The molecule has 1 heteroatoms. The lowest BCUT2D eigenvalue weighted by molar-refractivity contribution is 0.442. The summed E-state index contributed by atoms with van der Waals surface area (Å²) in [4.78, 5) is 0. The van der Waals surface area contributed by atoms with Gasteiger partial charge in [0, 0.05) is 12.5 Å². The molecule has 0 bridgehead atoms. The van der Waals surface area contributed by atoms with Crippen LogP contribution in [0.25, 0.3) is 0 Å². The highest BCUT2D eigenvalue weighted by Crippen LogP contribution is 2.11. The summed E-state index contributed by atoms with van der Waals surface area (Å²) in [6, 6.07) is 0.687. The Morgan fingerprint density at radius 1 is 0.889 bits per heavy atom. The topological polar surface area (TPSA) is 12.0 Å². The quantitative estimate of drug-likeness (QED) is 0.384. The van der Waals surface area contributed by atoms with Gasteiger partial charge in [0.15, 0.2) is 0 Å². The average molecular weight is 251 g/mol. The van der Waals surface area contributed by atoms with E-state index in [9.17, 15) is 0 Å². The molecule has 0 aliphatic rings. The molecular weight excluding hydrogens is 218 g/mol. The summed E-state index contributed by atoms with van der Waals surface area (Å²) in [5.74, 6) is 6.16. The normalized spacial score (nSPS) is 11.9. The van der Waals surface area contributed by atoms with Gasteiger partial charge in [0.25, 0.3) is 0 Å². The van der Waals surface area contributed by atoms with Crippen molar-refractivity contribution in [1.29, 1.82) is 0 Å². The first-order chi connectivity index (χ1) is 8.85. The molecule has 0 aliphatic heterocycles. The fraction of sp³-hybridized carbons (Fsp3) is 0.882. The molecule has 18 heavy (non-hydrogen) atoms. The minimum atomic E-state index is 0.687. The first kappa shape index (κ1) is 17.5. The van der Waals surface area contributed by atoms with E-state index >= 15 is 0 Å². The van der Waals surface area contributed by atoms with E-state index in [1.807, 2.05) is 6.92 Å². The Morgan fingerprint density at radius 2 is 1.56 bits per heavy atom. The van der Waals surface area contributed by atoms with Crippen molar-refractivity contribution in [1.82, 2.24) is 5.32 Å². The van der Waals surface area contributed by atoms with E-state index in [0.29, 0.717) is 6.04 Å². The van der Waals surface area contributed by atoms with Crippen LogP contribution in [-0.2, 0) is 0 Å². The Kier molecular flexibility index (Phi) is 14.2. The van der Waals surface area contributed by atoms with Crippen LogP contribution < -0.4 is 5.32 Å². The first-order valence-corrected chi connectivity index (χ1v) is 7.98. The largest absolute Gasteiger partial charge is 0.314 e. The Labute approximate surface area is 115 Å². The van der Waals surface area contributed by atoms with Gasteiger partial charge in [-0.3, -0.25) is 0 Å². The molecule has 0 heterocycles. The van der Waals surface area contributed by atoms with Crippen LogP contribution in [0, 0.1) is 11.8 Å². The predicted octanol–water partition coefficient (Wildman–Crippen LogP) is 4.91. The monoisotopic (exact) mass is 251 g/mol. The Balaban J connectivity index is 3.46. The van der Waals surface area contributed by atoms with E-state index < -0.39 is 0 Å². The molecule has 1 N–H and O–H groups in total. The van der Waals surface area contributed by atoms with Gasteiger partial charge in [0.2, 0.25) is 0 Å². The second-order valence-corrected chi connectivity index (χ2v) is 5.13. The van der Waals surface area contributed by atoms with Crippen molar-refractivity contribution in [2.75, 3.05) is 6.54 Å². The van der Waals surface area contributed by atoms with Crippen molar-refractivity contribution in [2.45, 2.75) is 91.0 Å². The number of nitrogens with one attached hydrogen (secondary N) is 1. The molecule has 0 rings (SSSR count). The molecule has 1 unspecified atom stereocenters. The predicted molar refractivity (Wildman–Crippen MR) is 82.8 cm³/mol. The maximum absolute atomic E-state index is 3.58. The van der Waals surface area contributed by atoms with Gasteiger partial charge in [0.05, 0.1) is 0 Å². The van der Waals surface area contributed by atoms with E-state index in [2.05, 4.69) is 31.0 Å². The van der Waals surface area contributed by atoms with Crippen LogP contribution in [0.5, 0.6) is 0 Å². The molecule has 0 aromatic rings. The first-order valence-electron chi connectivity index (χ1n) is 7.98. The minimum Gasteiger partial charge on any atom is -0.314 e. The van der Waals surface area contributed by atoms with Crippen LogP contribution in [0.1, 0.15) is 85.0 Å². The highest BCUT2D eigenvalue weighted by atomic mass is 14.9. The van der Waals surface area contributed by atoms with Gasteiger partial charge >= 0.3 is 0 Å². The van der Waals surface area contributed by atoms with Gasteiger partial charge in [-0.05, 0) is 26.3 Å². The molecule has 1 atom stereocenters. The lowest BCUT2D eigenvalue weighted by Crippen LogP contribution is -2.28. The third-order valence-electron chi connectivity index (χ3n) is 3.44. The Morgan fingerprint density at radius 3 is 2.17 bits per heavy atom. The third kappa shape index (κ3) is 12.0. The average Bonchev–Trinajstić information content (AvgIpc) is 2.38. The van der Waals surface area contributed by atoms with Crippen LogP contribution in [-0.4, -0.2) is 12.6 Å². The summed E-state index contributed by atoms with van der Waals surface area (Å²) in [6.07, 6.45) is 13.4. The van der Waals surface area contributed by atoms with Crippen molar-refractivity contribution >= 4 is 0 Å². The lowest BCUT2D eigenvalue weighted by atomic mass is 10.0. The lowest BCUT2D eigenvalue weighted by Gasteiger charge is -2.16. The van der Waals surface area contributed by atoms with Crippen LogP contribution in [0.2, 0.25) is 0 Å². The van der Waals surface area contributed by atoms with Gasteiger partial charge in [0.1, 0.15) is 0 Å². The molecule has 1 nitrogen and oxygen atoms in total.